The summed E-state index contributed by atoms with van der Waals surface area (Å²) < 4.78 is 13.7. The maximum Gasteiger partial charge on any atom is 0.310 e. The van der Waals surface area contributed by atoms with Crippen molar-refractivity contribution in [3.8, 4) is 0 Å². The van der Waals surface area contributed by atoms with Crippen LogP contribution in [0.5, 0.6) is 0 Å². The van der Waals surface area contributed by atoms with Crippen molar-refractivity contribution in [3.05, 3.63) is 0 Å². The third-order valence-electron chi connectivity index (χ3n) is 14.6. The van der Waals surface area contributed by atoms with Crippen LogP contribution < -0.4 is 0 Å². The second-order valence-electron chi connectivity index (χ2n) is 15.6. The Hall–Kier alpha value is -1.17. The van der Waals surface area contributed by atoms with Gasteiger partial charge in [-0.15, -0.1) is 0 Å². The summed E-state index contributed by atoms with van der Waals surface area (Å²) in [5, 5.41) is 21.9. The van der Waals surface area contributed by atoms with E-state index in [0.717, 1.165) is 25.2 Å². The molecule has 6 heteroatoms. The van der Waals surface area contributed by atoms with E-state index >= 15 is 0 Å². The van der Waals surface area contributed by atoms with Crippen molar-refractivity contribution in [2.24, 2.45) is 50.7 Å². The summed E-state index contributed by atoms with van der Waals surface area (Å²) in [5.74, 6) is -0.248. The first-order chi connectivity index (χ1) is 18.2. The van der Waals surface area contributed by atoms with E-state index < -0.39 is 35.6 Å². The Bertz CT molecular complexity index is 1020. The van der Waals surface area contributed by atoms with Gasteiger partial charge in [-0.2, -0.15) is 0 Å². The number of carboxylic acids is 1. The predicted octanol–water partition coefficient (Wildman–Crippen LogP) is 6.86. The minimum Gasteiger partial charge on any atom is -0.481 e. The Morgan fingerprint density at radius 3 is 2.13 bits per heavy atom. The van der Waals surface area contributed by atoms with Crippen LogP contribution in [0.25, 0.3) is 0 Å². The number of carbonyl (C=O) groups is 2. The average Bonchev–Trinajstić information content (AvgIpc) is 3.27. The van der Waals surface area contributed by atoms with Crippen LogP contribution in [0.4, 0.5) is 4.39 Å². The van der Waals surface area contributed by atoms with Gasteiger partial charge in [0.15, 0.2) is 6.67 Å². The summed E-state index contributed by atoms with van der Waals surface area (Å²) in [6.07, 6.45) is 9.98. The highest BCUT2D eigenvalue weighted by Gasteiger charge is 2.78. The lowest BCUT2D eigenvalue weighted by Gasteiger charge is -2.74. The summed E-state index contributed by atoms with van der Waals surface area (Å²) in [7, 11) is 0. The zero-order chi connectivity index (χ0) is 28.8. The first kappa shape index (κ1) is 29.3. The van der Waals surface area contributed by atoms with E-state index in [1.54, 1.807) is 4.90 Å². The van der Waals surface area contributed by atoms with E-state index in [9.17, 15) is 24.2 Å². The molecule has 0 bridgehead atoms. The lowest BCUT2D eigenvalue weighted by atomic mass is 9.32. The van der Waals surface area contributed by atoms with Crippen LogP contribution in [0, 0.1) is 50.7 Å². The Morgan fingerprint density at radius 2 is 1.51 bits per heavy atom. The molecule has 1 aliphatic heterocycles. The molecule has 1 spiro atoms. The van der Waals surface area contributed by atoms with Gasteiger partial charge in [-0.25, -0.2) is 4.39 Å². The molecule has 1 heterocycles. The van der Waals surface area contributed by atoms with Crippen molar-refractivity contribution in [2.45, 2.75) is 131 Å². The molecule has 2 N–H and O–H groups in total. The van der Waals surface area contributed by atoms with E-state index in [4.69, 9.17) is 0 Å². The molecule has 6 rings (SSSR count). The molecular formula is C33H54FNO4. The topological polar surface area (TPSA) is 77.8 Å². The summed E-state index contributed by atoms with van der Waals surface area (Å²) >= 11 is 0. The van der Waals surface area contributed by atoms with Gasteiger partial charge in [-0.3, -0.25) is 9.59 Å². The lowest BCUT2D eigenvalue weighted by molar-refractivity contribution is -0.261. The summed E-state index contributed by atoms with van der Waals surface area (Å²) in [6.45, 7) is 15.5. The molecule has 5 saturated carbocycles. The van der Waals surface area contributed by atoms with Crippen LogP contribution in [-0.4, -0.2) is 51.9 Å². The molecule has 1 amide bonds. The van der Waals surface area contributed by atoms with Gasteiger partial charge in [0.05, 0.1) is 17.1 Å². The average molecular weight is 548 g/mol. The number of β-amino-alcohol motifs (C(OH)–C–C–N with tert-alkyl or cyclic N) is 1. The van der Waals surface area contributed by atoms with Gasteiger partial charge in [0.2, 0.25) is 0 Å². The van der Waals surface area contributed by atoms with E-state index in [-0.39, 0.29) is 29.2 Å². The monoisotopic (exact) mass is 547 g/mol. The van der Waals surface area contributed by atoms with Gasteiger partial charge in [0.25, 0.3) is 5.91 Å². The highest BCUT2D eigenvalue weighted by molar-refractivity contribution is 5.81. The minimum atomic E-state index is -1.08. The van der Waals surface area contributed by atoms with E-state index in [1.165, 1.54) is 32.1 Å². The van der Waals surface area contributed by atoms with Crippen molar-refractivity contribution in [1.82, 2.24) is 4.90 Å². The molecule has 0 radical (unpaired) electrons. The Labute approximate surface area is 235 Å². The summed E-state index contributed by atoms with van der Waals surface area (Å²) in [6, 6.07) is 0. The quantitative estimate of drug-likeness (QED) is 0.396. The van der Waals surface area contributed by atoms with Crippen LogP contribution in [0.3, 0.4) is 0 Å². The second-order valence-corrected chi connectivity index (χ2v) is 15.6. The molecule has 0 aromatic heterocycles. The maximum atomic E-state index is 13.7. The van der Waals surface area contributed by atoms with Gasteiger partial charge >= 0.3 is 5.97 Å². The van der Waals surface area contributed by atoms with Crippen molar-refractivity contribution in [3.63, 3.8) is 0 Å². The van der Waals surface area contributed by atoms with E-state index in [1.807, 2.05) is 13.8 Å². The maximum absolute atomic E-state index is 13.7. The third-order valence-corrected chi connectivity index (χ3v) is 14.6. The summed E-state index contributed by atoms with van der Waals surface area (Å²) in [5.41, 5.74) is -1.18. The highest BCUT2D eigenvalue weighted by Crippen LogP contribution is 2.78. The van der Waals surface area contributed by atoms with Gasteiger partial charge in [-0.05, 0) is 104 Å². The lowest BCUT2D eigenvalue weighted by Crippen LogP contribution is -2.78. The van der Waals surface area contributed by atoms with Crippen molar-refractivity contribution < 1.29 is 24.2 Å². The molecule has 6 aliphatic rings. The number of rotatable bonds is 2. The highest BCUT2D eigenvalue weighted by atomic mass is 19.1. The van der Waals surface area contributed by atoms with Crippen molar-refractivity contribution >= 4 is 11.9 Å². The predicted molar refractivity (Wildman–Crippen MR) is 151 cm³/mol. The zero-order valence-corrected chi connectivity index (χ0v) is 25.6. The Morgan fingerprint density at radius 1 is 0.846 bits per heavy atom. The molecule has 9 unspecified atom stereocenters. The Balaban J connectivity index is 0.00000151. The number of likely N-dealkylation sites (tertiary alicyclic amines) is 1. The van der Waals surface area contributed by atoms with E-state index in [2.05, 4.69) is 34.6 Å². The van der Waals surface area contributed by atoms with Gasteiger partial charge in [-0.1, -0.05) is 54.9 Å². The van der Waals surface area contributed by atoms with Crippen LogP contribution in [0.15, 0.2) is 0 Å². The smallest absolute Gasteiger partial charge is 0.310 e. The Kier molecular flexibility index (Phi) is 6.89. The van der Waals surface area contributed by atoms with E-state index in [0.29, 0.717) is 36.0 Å². The number of halogens is 1. The summed E-state index contributed by atoms with van der Waals surface area (Å²) in [4.78, 5) is 27.3. The largest absolute Gasteiger partial charge is 0.481 e. The number of amides is 1. The first-order valence-corrected chi connectivity index (χ1v) is 16.0. The number of alkyl halides is 1. The fraction of sp³-hybridized carbons (Fsp3) is 0.939. The molecule has 0 aromatic carbocycles. The molecule has 5 aliphatic carbocycles. The number of carbonyl (C=O) groups excluding carboxylic acids is 1. The van der Waals surface area contributed by atoms with Gasteiger partial charge in [0.1, 0.15) is 0 Å². The van der Waals surface area contributed by atoms with Crippen molar-refractivity contribution in [2.75, 3.05) is 13.2 Å². The van der Waals surface area contributed by atoms with Crippen LogP contribution >= 0.6 is 0 Å². The fourth-order valence-corrected chi connectivity index (χ4v) is 12.8. The van der Waals surface area contributed by atoms with Gasteiger partial charge in [0, 0.05) is 12.5 Å². The first-order valence-electron chi connectivity index (χ1n) is 16.0. The molecule has 1 saturated heterocycles. The van der Waals surface area contributed by atoms with Crippen LogP contribution in [-0.2, 0) is 9.59 Å². The molecule has 0 aromatic rings. The molecule has 39 heavy (non-hydrogen) atoms. The molecule has 10 atom stereocenters. The van der Waals surface area contributed by atoms with Gasteiger partial charge < -0.3 is 15.1 Å². The van der Waals surface area contributed by atoms with Crippen LogP contribution in [0.1, 0.15) is 119 Å². The minimum absolute atomic E-state index is 0.0633. The molecule has 5 nitrogen and oxygen atoms in total. The van der Waals surface area contributed by atoms with Crippen LogP contribution in [0.2, 0.25) is 0 Å². The standard InChI is InChI=1S/C31H48FNO4.C2H6/c1-26(2)10-6-11-27(3)20(26)9-12-29(5)21(27)8-7-19-24-30(25(36)37,14-13-28(19,29)4)15-16-31(24)22(34)18-33(31)23(35)17-32;1-2/h19-22,24,34H,6-18H2,1-5H3,(H,36,37);1-2H3/t19?,20?,21?,22?,24?,27?,28-,29?,30?,31?;/m1./s1. The number of aliphatic carboxylic acids is 1. The van der Waals surface area contributed by atoms with Crippen molar-refractivity contribution in [1.29, 1.82) is 0 Å². The number of carboxylic acid groups (broad SMARTS) is 1. The third kappa shape index (κ3) is 3.39. The molecule has 6 fully saturated rings. The number of hydrogen-bond donors (Lipinski definition) is 2. The zero-order valence-electron chi connectivity index (χ0n) is 25.6. The number of nitrogens with zero attached hydrogens (tertiary/aromatic N) is 1. The molecule has 222 valence electrons. The molecular weight excluding hydrogens is 493 g/mol. The number of aliphatic hydroxyl groups is 1. The SMILES string of the molecule is CC.CC1(C)CCCC2(C)C1CCC1(C)C2CCC2C3C(C(=O)O)(CCC34C(O)CN4C(=O)CF)CC[C@]21C. The normalized spacial score (nSPS) is 51.3. The number of fused-ring (bicyclic) bond motifs is 8. The number of hydrogen-bond acceptors (Lipinski definition) is 3. The number of aliphatic hydroxyl groups excluding tert-OH is 1. The second kappa shape index (κ2) is 9.16. The fourth-order valence-electron chi connectivity index (χ4n) is 12.8.